The van der Waals surface area contributed by atoms with Gasteiger partial charge in [0.05, 0.1) is 19.4 Å². The second kappa shape index (κ2) is 11.0. The largest absolute Gasteiger partial charge is 0.467 e. The molecule has 2 aromatic heterocycles. The van der Waals surface area contributed by atoms with E-state index in [1.165, 1.54) is 6.08 Å². The first-order chi connectivity index (χ1) is 15.1. The van der Waals surface area contributed by atoms with Gasteiger partial charge < -0.3 is 18.8 Å². The molecule has 162 valence electrons. The summed E-state index contributed by atoms with van der Waals surface area (Å²) in [5.41, 5.74) is 1.96. The smallest absolute Gasteiger partial charge is 0.247 e. The lowest BCUT2D eigenvalue weighted by atomic mass is 10.2. The van der Waals surface area contributed by atoms with Crippen molar-refractivity contribution in [3.05, 3.63) is 90.2 Å². The second-order valence-electron chi connectivity index (χ2n) is 7.44. The van der Waals surface area contributed by atoms with Crippen LogP contribution in [0.3, 0.4) is 0 Å². The van der Waals surface area contributed by atoms with E-state index in [2.05, 4.69) is 0 Å². The van der Waals surface area contributed by atoms with E-state index in [0.29, 0.717) is 25.4 Å². The van der Waals surface area contributed by atoms with Crippen LogP contribution in [-0.2, 0) is 29.7 Å². The van der Waals surface area contributed by atoms with Crippen molar-refractivity contribution < 1.29 is 14.0 Å². The van der Waals surface area contributed by atoms with E-state index in [-0.39, 0.29) is 18.4 Å². The number of carbonyl (C=O) groups excluding carboxylic acids is 2. The Hall–Kier alpha value is -3.54. The average molecular weight is 420 g/mol. The number of hydrogen-bond acceptors (Lipinski definition) is 3. The number of aryl methyl sites for hydroxylation is 1. The Morgan fingerprint density at radius 3 is 2.45 bits per heavy atom. The normalized spacial score (nSPS) is 11.0. The second-order valence-corrected chi connectivity index (χ2v) is 7.44. The van der Waals surface area contributed by atoms with Crippen LogP contribution in [0.5, 0.6) is 0 Å². The Morgan fingerprint density at radius 1 is 1.00 bits per heavy atom. The number of carbonyl (C=O) groups is 2. The molecule has 0 atom stereocenters. The summed E-state index contributed by atoms with van der Waals surface area (Å²) in [5.74, 6) is 0.420. The number of nitrogens with zero attached hydrogens (tertiary/aromatic N) is 3. The van der Waals surface area contributed by atoms with E-state index in [9.17, 15) is 9.59 Å². The third-order valence-electron chi connectivity index (χ3n) is 5.03. The molecule has 0 unspecified atom stereocenters. The van der Waals surface area contributed by atoms with Gasteiger partial charge in [-0.2, -0.15) is 0 Å². The van der Waals surface area contributed by atoms with Crippen molar-refractivity contribution in [1.82, 2.24) is 14.4 Å². The number of hydrogen-bond donors (Lipinski definition) is 0. The van der Waals surface area contributed by atoms with E-state index < -0.39 is 0 Å². The minimum Gasteiger partial charge on any atom is -0.467 e. The van der Waals surface area contributed by atoms with Crippen molar-refractivity contribution in [2.24, 2.45) is 7.05 Å². The van der Waals surface area contributed by atoms with Crippen molar-refractivity contribution in [2.45, 2.75) is 26.4 Å². The quantitative estimate of drug-likeness (QED) is 0.465. The Kier molecular flexibility index (Phi) is 7.87. The zero-order valence-corrected chi connectivity index (χ0v) is 18.1. The summed E-state index contributed by atoms with van der Waals surface area (Å²) >= 11 is 0. The van der Waals surface area contributed by atoms with Crippen molar-refractivity contribution in [3.8, 4) is 0 Å². The number of benzene rings is 1. The highest BCUT2D eigenvalue weighted by atomic mass is 16.3. The van der Waals surface area contributed by atoms with E-state index in [0.717, 1.165) is 17.7 Å². The molecule has 2 amide bonds. The number of rotatable bonds is 10. The summed E-state index contributed by atoms with van der Waals surface area (Å²) < 4.78 is 7.44. The zero-order chi connectivity index (χ0) is 22.1. The van der Waals surface area contributed by atoms with Gasteiger partial charge in [-0.15, -0.1) is 0 Å². The fourth-order valence-corrected chi connectivity index (χ4v) is 3.32. The highest BCUT2D eigenvalue weighted by Gasteiger charge is 2.21. The summed E-state index contributed by atoms with van der Waals surface area (Å²) in [6, 6.07) is 17.2. The molecule has 0 bridgehead atoms. The lowest BCUT2D eigenvalue weighted by Crippen LogP contribution is -2.42. The molecule has 3 aromatic rings. The monoisotopic (exact) mass is 419 g/mol. The highest BCUT2D eigenvalue weighted by molar-refractivity contribution is 5.94. The highest BCUT2D eigenvalue weighted by Crippen LogP contribution is 2.12. The molecule has 6 heteroatoms. The first-order valence-electron chi connectivity index (χ1n) is 10.5. The molecule has 0 aliphatic rings. The van der Waals surface area contributed by atoms with E-state index in [1.807, 2.05) is 79.3 Å². The molecule has 31 heavy (non-hydrogen) atoms. The van der Waals surface area contributed by atoms with Crippen LogP contribution in [-0.4, -0.2) is 39.3 Å². The molecule has 0 aliphatic heterocycles. The maximum Gasteiger partial charge on any atom is 0.247 e. The average Bonchev–Trinajstić information content (AvgIpc) is 3.44. The van der Waals surface area contributed by atoms with Gasteiger partial charge in [-0.25, -0.2) is 0 Å². The predicted octanol–water partition coefficient (Wildman–Crippen LogP) is 4.10. The van der Waals surface area contributed by atoms with Crippen molar-refractivity contribution >= 4 is 17.9 Å². The first-order valence-corrected chi connectivity index (χ1v) is 10.5. The lowest BCUT2D eigenvalue weighted by molar-refractivity contribution is -0.139. The van der Waals surface area contributed by atoms with Gasteiger partial charge in [0.1, 0.15) is 12.3 Å². The maximum absolute atomic E-state index is 13.2. The summed E-state index contributed by atoms with van der Waals surface area (Å²) in [7, 11) is 1.95. The third kappa shape index (κ3) is 6.47. The van der Waals surface area contributed by atoms with Gasteiger partial charge in [-0.3, -0.25) is 9.59 Å². The van der Waals surface area contributed by atoms with Crippen LogP contribution in [0.15, 0.2) is 77.6 Å². The molecule has 1 aromatic carbocycles. The third-order valence-corrected chi connectivity index (χ3v) is 5.03. The minimum atomic E-state index is -0.170. The van der Waals surface area contributed by atoms with Crippen LogP contribution >= 0.6 is 0 Å². The van der Waals surface area contributed by atoms with Gasteiger partial charge in [-0.05, 0) is 42.3 Å². The van der Waals surface area contributed by atoms with E-state index >= 15 is 0 Å². The maximum atomic E-state index is 13.2. The topological polar surface area (TPSA) is 58.7 Å². The molecule has 6 nitrogen and oxygen atoms in total. The fourth-order valence-electron chi connectivity index (χ4n) is 3.32. The zero-order valence-electron chi connectivity index (χ0n) is 18.1. The molecule has 0 radical (unpaired) electrons. The summed E-state index contributed by atoms with van der Waals surface area (Å²) in [4.78, 5) is 29.4. The van der Waals surface area contributed by atoms with Gasteiger partial charge >= 0.3 is 0 Å². The minimum absolute atomic E-state index is 0.0247. The van der Waals surface area contributed by atoms with Crippen molar-refractivity contribution in [1.29, 1.82) is 0 Å². The van der Waals surface area contributed by atoms with E-state index in [1.54, 1.807) is 22.1 Å². The van der Waals surface area contributed by atoms with Crippen molar-refractivity contribution in [3.63, 3.8) is 0 Å². The van der Waals surface area contributed by atoms with Gasteiger partial charge in [0.25, 0.3) is 0 Å². The molecule has 0 N–H and O–H groups in total. The van der Waals surface area contributed by atoms with Gasteiger partial charge in [0, 0.05) is 31.6 Å². The fraction of sp³-hybridized carbons (Fsp3) is 0.280. The molecular formula is C25H29N3O3. The van der Waals surface area contributed by atoms with Gasteiger partial charge in [0.2, 0.25) is 11.8 Å². The molecule has 0 aliphatic carbocycles. The number of amides is 2. The van der Waals surface area contributed by atoms with E-state index in [4.69, 9.17) is 4.42 Å². The van der Waals surface area contributed by atoms with Crippen LogP contribution in [0, 0.1) is 0 Å². The molecule has 2 heterocycles. The van der Waals surface area contributed by atoms with Crippen molar-refractivity contribution in [2.75, 3.05) is 13.1 Å². The Bertz CT molecular complexity index is 990. The Balaban J connectivity index is 1.72. The van der Waals surface area contributed by atoms with Crippen LogP contribution in [0.4, 0.5) is 0 Å². The molecule has 0 fully saturated rings. The molecular weight excluding hydrogens is 390 g/mol. The lowest BCUT2D eigenvalue weighted by Gasteiger charge is -2.26. The van der Waals surface area contributed by atoms with Gasteiger partial charge in [-0.1, -0.05) is 37.3 Å². The van der Waals surface area contributed by atoms with Crippen LogP contribution in [0.25, 0.3) is 6.08 Å². The van der Waals surface area contributed by atoms with Crippen LogP contribution in [0.1, 0.15) is 30.4 Å². The van der Waals surface area contributed by atoms with Crippen LogP contribution < -0.4 is 0 Å². The number of aromatic nitrogens is 1. The Labute approximate surface area is 183 Å². The summed E-state index contributed by atoms with van der Waals surface area (Å²) in [5, 5.41) is 0. The SMILES string of the molecule is CCCN(CC(=O)N(Cc1ccco1)Cc1cccn1C)C(=O)C=Cc1ccccc1. The number of furan rings is 1. The Morgan fingerprint density at radius 2 is 1.81 bits per heavy atom. The molecule has 0 spiro atoms. The molecule has 0 saturated carbocycles. The standard InChI is InChI=1S/C25H29N3O3/c1-3-15-27(24(29)14-13-21-9-5-4-6-10-21)20-25(30)28(19-23-12-8-17-31-23)18-22-11-7-16-26(22)2/h4-14,16-17H,3,15,18-20H2,1-2H3. The van der Waals surface area contributed by atoms with Gasteiger partial charge in [0.15, 0.2) is 0 Å². The summed E-state index contributed by atoms with van der Waals surface area (Å²) in [6.07, 6.45) is 7.63. The summed E-state index contributed by atoms with van der Waals surface area (Å²) in [6.45, 7) is 3.33. The predicted molar refractivity (Wildman–Crippen MR) is 121 cm³/mol. The molecule has 0 saturated heterocycles. The van der Waals surface area contributed by atoms with Crippen LogP contribution in [0.2, 0.25) is 0 Å². The molecule has 3 rings (SSSR count). The first kappa shape index (κ1) is 22.2.